The van der Waals surface area contributed by atoms with E-state index in [9.17, 15) is 13.5 Å². The maximum Gasteiger partial charge on any atom is 0.240 e. The SMILES string of the molecule is CNS(=O)(=O)c1ccc(N)c(NC(C)C(CO)SC)c1. The van der Waals surface area contributed by atoms with Crippen LogP contribution in [0.2, 0.25) is 0 Å². The van der Waals surface area contributed by atoms with Crippen LogP contribution >= 0.6 is 11.8 Å². The molecule has 0 spiro atoms. The Bertz CT molecular complexity index is 545. The molecule has 0 bridgehead atoms. The van der Waals surface area contributed by atoms with Crippen molar-refractivity contribution in [1.29, 1.82) is 0 Å². The molecule has 0 aliphatic carbocycles. The Morgan fingerprint density at radius 1 is 1.45 bits per heavy atom. The summed E-state index contributed by atoms with van der Waals surface area (Å²) in [6.45, 7) is 1.94. The van der Waals surface area contributed by atoms with Crippen LogP contribution in [0, 0.1) is 0 Å². The fourth-order valence-electron chi connectivity index (χ4n) is 1.72. The summed E-state index contributed by atoms with van der Waals surface area (Å²) in [5, 5.41) is 12.4. The number of nitrogens with one attached hydrogen (secondary N) is 2. The molecule has 0 amide bonds. The van der Waals surface area contributed by atoms with Crippen molar-refractivity contribution in [2.24, 2.45) is 0 Å². The molecule has 2 unspecified atom stereocenters. The van der Waals surface area contributed by atoms with E-state index in [-0.39, 0.29) is 22.8 Å². The van der Waals surface area contributed by atoms with E-state index in [0.717, 1.165) is 0 Å². The molecule has 0 saturated heterocycles. The summed E-state index contributed by atoms with van der Waals surface area (Å²) in [4.78, 5) is 0.147. The highest BCUT2D eigenvalue weighted by molar-refractivity contribution is 7.99. The molecule has 0 aliphatic rings. The van der Waals surface area contributed by atoms with Crippen molar-refractivity contribution in [3.05, 3.63) is 18.2 Å². The molecule has 0 saturated carbocycles. The number of benzene rings is 1. The Kier molecular flexibility index (Phi) is 6.12. The second-order valence-electron chi connectivity index (χ2n) is 4.35. The zero-order valence-electron chi connectivity index (χ0n) is 11.8. The molecule has 0 heterocycles. The molecule has 0 aromatic heterocycles. The quantitative estimate of drug-likeness (QED) is 0.552. The number of aliphatic hydroxyl groups excluding tert-OH is 1. The molecule has 1 aromatic carbocycles. The number of sulfonamides is 1. The number of hydrogen-bond acceptors (Lipinski definition) is 6. The Morgan fingerprint density at radius 2 is 2.10 bits per heavy atom. The van der Waals surface area contributed by atoms with E-state index in [1.165, 1.54) is 30.9 Å². The van der Waals surface area contributed by atoms with Crippen LogP contribution in [0.3, 0.4) is 0 Å². The summed E-state index contributed by atoms with van der Waals surface area (Å²) in [6, 6.07) is 4.44. The number of hydrogen-bond donors (Lipinski definition) is 4. The highest BCUT2D eigenvalue weighted by Crippen LogP contribution is 2.25. The van der Waals surface area contributed by atoms with Gasteiger partial charge in [0.15, 0.2) is 0 Å². The zero-order chi connectivity index (χ0) is 15.3. The first-order valence-corrected chi connectivity index (χ1v) is 8.86. The fraction of sp³-hybridized carbons (Fsp3) is 0.500. The van der Waals surface area contributed by atoms with Crippen molar-refractivity contribution in [3.63, 3.8) is 0 Å². The third-order valence-corrected chi connectivity index (χ3v) is 5.60. The number of nitrogens with two attached hydrogens (primary N) is 1. The molecule has 5 N–H and O–H groups in total. The van der Waals surface area contributed by atoms with E-state index in [1.807, 2.05) is 13.2 Å². The van der Waals surface area contributed by atoms with Gasteiger partial charge in [0.25, 0.3) is 0 Å². The third kappa shape index (κ3) is 4.02. The topological polar surface area (TPSA) is 104 Å². The van der Waals surface area contributed by atoms with E-state index in [1.54, 1.807) is 6.07 Å². The summed E-state index contributed by atoms with van der Waals surface area (Å²) in [5.41, 5.74) is 6.86. The molecular weight excluding hydrogens is 298 g/mol. The first-order valence-electron chi connectivity index (χ1n) is 6.09. The average Bonchev–Trinajstić information content (AvgIpc) is 2.42. The molecule has 0 fully saturated rings. The Hall–Kier alpha value is -0.960. The van der Waals surface area contributed by atoms with Gasteiger partial charge in [-0.15, -0.1) is 0 Å². The molecule has 8 heteroatoms. The summed E-state index contributed by atoms with van der Waals surface area (Å²) in [5.74, 6) is 0. The molecule has 6 nitrogen and oxygen atoms in total. The van der Waals surface area contributed by atoms with E-state index in [2.05, 4.69) is 10.0 Å². The largest absolute Gasteiger partial charge is 0.397 e. The van der Waals surface area contributed by atoms with Crippen molar-refractivity contribution in [1.82, 2.24) is 4.72 Å². The van der Waals surface area contributed by atoms with E-state index < -0.39 is 10.0 Å². The minimum atomic E-state index is -3.50. The summed E-state index contributed by atoms with van der Waals surface area (Å²) in [6.07, 6.45) is 1.91. The number of thioether (sulfide) groups is 1. The van der Waals surface area contributed by atoms with Crippen LogP contribution < -0.4 is 15.8 Å². The highest BCUT2D eigenvalue weighted by Gasteiger charge is 2.18. The van der Waals surface area contributed by atoms with Crippen LogP contribution in [0.5, 0.6) is 0 Å². The zero-order valence-corrected chi connectivity index (χ0v) is 13.4. The van der Waals surface area contributed by atoms with Crippen molar-refractivity contribution in [2.45, 2.75) is 23.1 Å². The van der Waals surface area contributed by atoms with E-state index in [0.29, 0.717) is 11.4 Å². The number of nitrogen functional groups attached to an aromatic ring is 1. The van der Waals surface area contributed by atoms with Gasteiger partial charge in [0, 0.05) is 11.3 Å². The second kappa shape index (κ2) is 7.16. The van der Waals surface area contributed by atoms with Gasteiger partial charge in [0.2, 0.25) is 10.0 Å². The van der Waals surface area contributed by atoms with Gasteiger partial charge in [-0.3, -0.25) is 0 Å². The molecule has 114 valence electrons. The fourth-order valence-corrected chi connectivity index (χ4v) is 3.10. The third-order valence-electron chi connectivity index (χ3n) is 3.03. The predicted molar refractivity (Wildman–Crippen MR) is 84.6 cm³/mol. The lowest BCUT2D eigenvalue weighted by Gasteiger charge is -2.23. The van der Waals surface area contributed by atoms with Crippen molar-refractivity contribution >= 4 is 33.2 Å². The van der Waals surface area contributed by atoms with Crippen LogP contribution in [0.1, 0.15) is 6.92 Å². The Morgan fingerprint density at radius 3 is 2.60 bits per heavy atom. The number of aliphatic hydroxyl groups is 1. The number of anilines is 2. The van der Waals surface area contributed by atoms with E-state index in [4.69, 9.17) is 5.73 Å². The Labute approximate surface area is 124 Å². The maximum atomic E-state index is 11.8. The van der Waals surface area contributed by atoms with Crippen LogP contribution in [0.25, 0.3) is 0 Å². The average molecular weight is 319 g/mol. The lowest BCUT2D eigenvalue weighted by atomic mass is 10.2. The maximum absolute atomic E-state index is 11.8. The van der Waals surface area contributed by atoms with Gasteiger partial charge < -0.3 is 16.2 Å². The van der Waals surface area contributed by atoms with Gasteiger partial charge in [0.05, 0.1) is 22.9 Å². The molecule has 1 rings (SSSR count). The van der Waals surface area contributed by atoms with Gasteiger partial charge in [-0.05, 0) is 38.4 Å². The minimum Gasteiger partial charge on any atom is -0.397 e. The first-order chi connectivity index (χ1) is 9.35. The van der Waals surface area contributed by atoms with E-state index >= 15 is 0 Å². The Balaban J connectivity index is 3.04. The lowest BCUT2D eigenvalue weighted by molar-refractivity contribution is 0.288. The van der Waals surface area contributed by atoms with Gasteiger partial charge in [-0.1, -0.05) is 0 Å². The second-order valence-corrected chi connectivity index (χ2v) is 7.31. The first kappa shape index (κ1) is 17.1. The smallest absolute Gasteiger partial charge is 0.240 e. The minimum absolute atomic E-state index is 0.000960. The molecule has 0 radical (unpaired) electrons. The lowest BCUT2D eigenvalue weighted by Crippen LogP contribution is -2.31. The molecule has 1 aromatic rings. The highest BCUT2D eigenvalue weighted by atomic mass is 32.2. The summed E-state index contributed by atoms with van der Waals surface area (Å²) in [7, 11) is -2.15. The van der Waals surface area contributed by atoms with Crippen molar-refractivity contribution < 1.29 is 13.5 Å². The summed E-state index contributed by atoms with van der Waals surface area (Å²) >= 11 is 1.53. The standard InChI is InChI=1S/C12H21N3O3S2/c1-8(12(7-16)19-3)15-11-6-9(4-5-10(11)13)20(17,18)14-2/h4-6,8,12,14-16H,7,13H2,1-3H3. The van der Waals surface area contributed by atoms with Crippen molar-refractivity contribution in [3.8, 4) is 0 Å². The van der Waals surface area contributed by atoms with Crippen LogP contribution in [0.15, 0.2) is 23.1 Å². The molecule has 0 aliphatic heterocycles. The van der Waals surface area contributed by atoms with Crippen LogP contribution in [-0.4, -0.2) is 44.7 Å². The normalized spacial score (nSPS) is 14.8. The predicted octanol–water partition coefficient (Wildman–Crippen LogP) is 0.701. The van der Waals surface area contributed by atoms with Gasteiger partial charge >= 0.3 is 0 Å². The van der Waals surface area contributed by atoms with Crippen LogP contribution in [0.4, 0.5) is 11.4 Å². The number of rotatable bonds is 7. The molecule has 20 heavy (non-hydrogen) atoms. The van der Waals surface area contributed by atoms with Gasteiger partial charge in [-0.25, -0.2) is 13.1 Å². The van der Waals surface area contributed by atoms with Crippen molar-refractivity contribution in [2.75, 3.05) is 31.0 Å². The van der Waals surface area contributed by atoms with Gasteiger partial charge in [0.1, 0.15) is 0 Å². The molecular formula is C12H21N3O3S2. The summed E-state index contributed by atoms with van der Waals surface area (Å²) < 4.78 is 25.8. The van der Waals surface area contributed by atoms with Crippen LogP contribution in [-0.2, 0) is 10.0 Å². The monoisotopic (exact) mass is 319 g/mol. The van der Waals surface area contributed by atoms with Gasteiger partial charge in [-0.2, -0.15) is 11.8 Å². The molecule has 2 atom stereocenters.